The molecule has 4 N–H and O–H groups in total. The zero-order valence-electron chi connectivity index (χ0n) is 10.4. The minimum Gasteiger partial charge on any atom is -0.506 e. The van der Waals surface area contributed by atoms with E-state index in [1.807, 2.05) is 25.9 Å². The van der Waals surface area contributed by atoms with E-state index in [0.29, 0.717) is 5.56 Å². The van der Waals surface area contributed by atoms with E-state index in [9.17, 15) is 9.90 Å². The van der Waals surface area contributed by atoms with Gasteiger partial charge in [0.1, 0.15) is 5.75 Å². The summed E-state index contributed by atoms with van der Waals surface area (Å²) in [5.74, 6) is -0.285. The summed E-state index contributed by atoms with van der Waals surface area (Å²) in [6, 6.07) is 4.51. The van der Waals surface area contributed by atoms with Crippen molar-refractivity contribution >= 4 is 11.6 Å². The third-order valence-electron chi connectivity index (χ3n) is 2.31. The number of nitrogens with zero attached hydrogens (tertiary/aromatic N) is 1. The topological polar surface area (TPSA) is 78.6 Å². The van der Waals surface area contributed by atoms with Crippen LogP contribution in [0.15, 0.2) is 18.2 Å². The van der Waals surface area contributed by atoms with E-state index in [1.54, 1.807) is 6.07 Å². The number of hydrogen-bond acceptors (Lipinski definition) is 4. The Balaban J connectivity index is 2.66. The number of benzene rings is 1. The number of anilines is 1. The molecule has 0 bridgehead atoms. The molecule has 1 unspecified atom stereocenters. The van der Waals surface area contributed by atoms with Gasteiger partial charge in [0.25, 0.3) is 5.91 Å². The maximum Gasteiger partial charge on any atom is 0.251 e. The highest BCUT2D eigenvalue weighted by atomic mass is 16.3. The maximum atomic E-state index is 11.8. The first kappa shape index (κ1) is 13.3. The molecule has 17 heavy (non-hydrogen) atoms. The van der Waals surface area contributed by atoms with Crippen LogP contribution in [0, 0.1) is 0 Å². The zero-order chi connectivity index (χ0) is 13.0. The average Bonchev–Trinajstić information content (AvgIpc) is 2.20. The van der Waals surface area contributed by atoms with Gasteiger partial charge in [-0.25, -0.2) is 0 Å². The highest BCUT2D eigenvalue weighted by Gasteiger charge is 2.11. The lowest BCUT2D eigenvalue weighted by molar-refractivity contribution is 0.0934. The van der Waals surface area contributed by atoms with Gasteiger partial charge in [-0.15, -0.1) is 0 Å². The van der Waals surface area contributed by atoms with Crippen molar-refractivity contribution in [3.05, 3.63) is 23.8 Å². The van der Waals surface area contributed by atoms with E-state index in [4.69, 9.17) is 5.73 Å². The van der Waals surface area contributed by atoms with Crippen molar-refractivity contribution in [2.75, 3.05) is 26.4 Å². The molecule has 5 nitrogen and oxygen atoms in total. The van der Waals surface area contributed by atoms with Crippen molar-refractivity contribution in [3.8, 4) is 5.75 Å². The maximum absolute atomic E-state index is 11.8. The Morgan fingerprint density at radius 3 is 2.71 bits per heavy atom. The second-order valence-electron chi connectivity index (χ2n) is 4.41. The summed E-state index contributed by atoms with van der Waals surface area (Å²) < 4.78 is 0. The number of carbonyl (C=O) groups excluding carboxylic acids is 1. The lowest BCUT2D eigenvalue weighted by atomic mass is 10.1. The standard InChI is InChI=1S/C12H19N3O2/c1-8(7-15(2)3)14-12(17)9-4-5-10(13)11(16)6-9/h4-6,8,16H,7,13H2,1-3H3,(H,14,17). The highest BCUT2D eigenvalue weighted by molar-refractivity contribution is 5.95. The molecule has 0 fully saturated rings. The monoisotopic (exact) mass is 237 g/mol. The van der Waals surface area contributed by atoms with E-state index < -0.39 is 0 Å². The van der Waals surface area contributed by atoms with Gasteiger partial charge >= 0.3 is 0 Å². The van der Waals surface area contributed by atoms with Crippen molar-refractivity contribution in [3.63, 3.8) is 0 Å². The van der Waals surface area contributed by atoms with E-state index in [0.717, 1.165) is 6.54 Å². The van der Waals surface area contributed by atoms with Gasteiger partial charge in [-0.3, -0.25) is 4.79 Å². The van der Waals surface area contributed by atoms with Crippen LogP contribution in [0.25, 0.3) is 0 Å². The number of carbonyl (C=O) groups is 1. The Morgan fingerprint density at radius 1 is 1.53 bits per heavy atom. The van der Waals surface area contributed by atoms with Gasteiger partial charge in [-0.2, -0.15) is 0 Å². The lowest BCUT2D eigenvalue weighted by Crippen LogP contribution is -2.39. The Kier molecular flexibility index (Phi) is 4.34. The van der Waals surface area contributed by atoms with Crippen LogP contribution < -0.4 is 11.1 Å². The summed E-state index contributed by atoms with van der Waals surface area (Å²) in [6.07, 6.45) is 0. The number of nitrogens with one attached hydrogen (secondary N) is 1. The molecule has 0 heterocycles. The van der Waals surface area contributed by atoms with E-state index in [-0.39, 0.29) is 23.4 Å². The first-order valence-corrected chi connectivity index (χ1v) is 5.44. The molecule has 1 atom stereocenters. The minimum absolute atomic E-state index is 0.0391. The molecular weight excluding hydrogens is 218 g/mol. The van der Waals surface area contributed by atoms with Crippen molar-refractivity contribution in [1.82, 2.24) is 10.2 Å². The number of likely N-dealkylation sites (N-methyl/N-ethyl adjacent to an activating group) is 1. The van der Waals surface area contributed by atoms with Crippen molar-refractivity contribution < 1.29 is 9.90 Å². The zero-order valence-corrected chi connectivity index (χ0v) is 10.4. The van der Waals surface area contributed by atoms with Crippen LogP contribution in [-0.2, 0) is 0 Å². The predicted octanol–water partition coefficient (Wildman–Crippen LogP) is 0.654. The number of rotatable bonds is 4. The third kappa shape index (κ3) is 3.96. The molecule has 0 aliphatic heterocycles. The van der Waals surface area contributed by atoms with Crippen LogP contribution >= 0.6 is 0 Å². The fourth-order valence-electron chi connectivity index (χ4n) is 1.59. The van der Waals surface area contributed by atoms with Gasteiger partial charge < -0.3 is 21.1 Å². The molecular formula is C12H19N3O2. The van der Waals surface area contributed by atoms with Crippen LogP contribution in [-0.4, -0.2) is 42.6 Å². The average molecular weight is 237 g/mol. The minimum atomic E-state index is -0.213. The molecule has 1 rings (SSSR count). The largest absolute Gasteiger partial charge is 0.506 e. The summed E-state index contributed by atoms with van der Waals surface area (Å²) >= 11 is 0. The van der Waals surface area contributed by atoms with Crippen LogP contribution in [0.4, 0.5) is 5.69 Å². The molecule has 0 saturated carbocycles. The smallest absolute Gasteiger partial charge is 0.251 e. The molecule has 5 heteroatoms. The van der Waals surface area contributed by atoms with Gasteiger partial charge in [0.05, 0.1) is 5.69 Å². The number of amides is 1. The Hall–Kier alpha value is -1.75. The molecule has 1 aromatic rings. The van der Waals surface area contributed by atoms with E-state index >= 15 is 0 Å². The number of hydrogen-bond donors (Lipinski definition) is 3. The molecule has 94 valence electrons. The molecule has 1 amide bonds. The van der Waals surface area contributed by atoms with Crippen LogP contribution in [0.2, 0.25) is 0 Å². The van der Waals surface area contributed by atoms with Crippen LogP contribution in [0.5, 0.6) is 5.75 Å². The summed E-state index contributed by atoms with van der Waals surface area (Å²) in [6.45, 7) is 2.68. The summed E-state index contributed by atoms with van der Waals surface area (Å²) in [5.41, 5.74) is 6.14. The quantitative estimate of drug-likeness (QED) is 0.531. The Morgan fingerprint density at radius 2 is 2.18 bits per heavy atom. The van der Waals surface area contributed by atoms with E-state index in [1.165, 1.54) is 12.1 Å². The molecule has 0 aliphatic carbocycles. The fraction of sp³-hybridized carbons (Fsp3) is 0.417. The molecule has 0 spiro atoms. The summed E-state index contributed by atoms with van der Waals surface area (Å²) in [4.78, 5) is 13.8. The Labute approximate surface area is 101 Å². The van der Waals surface area contributed by atoms with Crippen LogP contribution in [0.1, 0.15) is 17.3 Å². The number of nitrogen functional groups attached to an aromatic ring is 1. The summed E-state index contributed by atoms with van der Waals surface area (Å²) in [7, 11) is 3.88. The van der Waals surface area contributed by atoms with Gasteiger partial charge in [0, 0.05) is 18.2 Å². The van der Waals surface area contributed by atoms with Gasteiger partial charge in [-0.05, 0) is 39.2 Å². The second-order valence-corrected chi connectivity index (χ2v) is 4.41. The lowest BCUT2D eigenvalue weighted by Gasteiger charge is -2.18. The number of phenols is 1. The van der Waals surface area contributed by atoms with Gasteiger partial charge in [-0.1, -0.05) is 0 Å². The number of aromatic hydroxyl groups is 1. The third-order valence-corrected chi connectivity index (χ3v) is 2.31. The SMILES string of the molecule is CC(CN(C)C)NC(=O)c1ccc(N)c(O)c1. The first-order chi connectivity index (χ1) is 7.90. The van der Waals surface area contributed by atoms with Crippen molar-refractivity contribution in [1.29, 1.82) is 0 Å². The number of phenolic OH excluding ortho intramolecular Hbond substituents is 1. The van der Waals surface area contributed by atoms with Crippen molar-refractivity contribution in [2.45, 2.75) is 13.0 Å². The predicted molar refractivity (Wildman–Crippen MR) is 68.0 cm³/mol. The molecule has 0 saturated heterocycles. The van der Waals surface area contributed by atoms with E-state index in [2.05, 4.69) is 5.32 Å². The molecule has 0 radical (unpaired) electrons. The Bertz CT molecular complexity index is 405. The number of nitrogens with two attached hydrogens (primary N) is 1. The molecule has 0 aliphatic rings. The molecule has 0 aromatic heterocycles. The van der Waals surface area contributed by atoms with Gasteiger partial charge in [0.2, 0.25) is 0 Å². The first-order valence-electron chi connectivity index (χ1n) is 5.44. The van der Waals surface area contributed by atoms with Crippen molar-refractivity contribution in [2.24, 2.45) is 0 Å². The fourth-order valence-corrected chi connectivity index (χ4v) is 1.59. The second kappa shape index (κ2) is 5.54. The van der Waals surface area contributed by atoms with Gasteiger partial charge in [0.15, 0.2) is 0 Å². The molecule has 1 aromatic carbocycles. The van der Waals surface area contributed by atoms with Crippen LogP contribution in [0.3, 0.4) is 0 Å². The normalized spacial score (nSPS) is 12.5. The summed E-state index contributed by atoms with van der Waals surface area (Å²) in [5, 5.41) is 12.3. The highest BCUT2D eigenvalue weighted by Crippen LogP contribution is 2.20.